The Labute approximate surface area is 126 Å². The Bertz CT molecular complexity index is 558. The second kappa shape index (κ2) is 5.34. The first-order valence-corrected chi connectivity index (χ1v) is 7.70. The van der Waals surface area contributed by atoms with Crippen LogP contribution < -0.4 is 5.32 Å². The predicted molar refractivity (Wildman–Crippen MR) is 83.2 cm³/mol. The lowest BCUT2D eigenvalue weighted by molar-refractivity contribution is -0.152. The van der Waals surface area contributed by atoms with Crippen molar-refractivity contribution in [2.24, 2.45) is 11.3 Å². The number of anilines is 1. The van der Waals surface area contributed by atoms with Crippen molar-refractivity contribution in [3.05, 3.63) is 29.3 Å². The van der Waals surface area contributed by atoms with Crippen molar-refractivity contribution in [2.45, 2.75) is 26.8 Å². The molecule has 4 heteroatoms. The molecule has 114 valence electrons. The molecule has 1 N–H and O–H groups in total. The number of hydrogen-bond acceptors (Lipinski definition) is 4. The SMILES string of the molecule is COC(=O)[C@]1(C)CN(Cc2cccc3c2NCC3)C[C@H]1C. The average Bonchev–Trinajstić information content (AvgIpc) is 3.05. The lowest BCUT2D eigenvalue weighted by atomic mass is 9.81. The average molecular weight is 288 g/mol. The van der Waals surface area contributed by atoms with E-state index in [9.17, 15) is 4.79 Å². The van der Waals surface area contributed by atoms with Gasteiger partial charge in [-0.25, -0.2) is 0 Å². The van der Waals surface area contributed by atoms with Crippen LogP contribution in [0.15, 0.2) is 18.2 Å². The first kappa shape index (κ1) is 14.4. The van der Waals surface area contributed by atoms with Gasteiger partial charge in [0.05, 0.1) is 12.5 Å². The van der Waals surface area contributed by atoms with Crippen LogP contribution >= 0.6 is 0 Å². The third-order valence-corrected chi connectivity index (χ3v) is 5.15. The molecule has 0 unspecified atom stereocenters. The molecule has 2 aliphatic heterocycles. The number of hydrogen-bond donors (Lipinski definition) is 1. The fourth-order valence-corrected chi connectivity index (χ4v) is 3.68. The van der Waals surface area contributed by atoms with Crippen LogP contribution in [0.5, 0.6) is 0 Å². The summed E-state index contributed by atoms with van der Waals surface area (Å²) in [6.45, 7) is 7.80. The van der Waals surface area contributed by atoms with Gasteiger partial charge in [-0.15, -0.1) is 0 Å². The largest absolute Gasteiger partial charge is 0.469 e. The van der Waals surface area contributed by atoms with Gasteiger partial charge in [-0.3, -0.25) is 9.69 Å². The molecule has 0 amide bonds. The maximum absolute atomic E-state index is 12.1. The van der Waals surface area contributed by atoms with E-state index in [1.807, 2.05) is 6.92 Å². The molecule has 0 aromatic heterocycles. The second-order valence-electron chi connectivity index (χ2n) is 6.61. The van der Waals surface area contributed by atoms with E-state index in [0.717, 1.165) is 32.6 Å². The topological polar surface area (TPSA) is 41.6 Å². The van der Waals surface area contributed by atoms with Crippen LogP contribution in [0.2, 0.25) is 0 Å². The minimum absolute atomic E-state index is 0.0890. The second-order valence-corrected chi connectivity index (χ2v) is 6.61. The van der Waals surface area contributed by atoms with Crippen molar-refractivity contribution < 1.29 is 9.53 Å². The molecule has 2 aliphatic rings. The maximum atomic E-state index is 12.1. The van der Waals surface area contributed by atoms with E-state index in [1.165, 1.54) is 23.9 Å². The van der Waals surface area contributed by atoms with Gasteiger partial charge in [0.25, 0.3) is 0 Å². The number of carbonyl (C=O) groups excluding carboxylic acids is 1. The highest BCUT2D eigenvalue weighted by Gasteiger charge is 2.47. The van der Waals surface area contributed by atoms with Crippen molar-refractivity contribution >= 4 is 11.7 Å². The van der Waals surface area contributed by atoms with E-state index >= 15 is 0 Å². The number of para-hydroxylation sites is 1. The predicted octanol–water partition coefficient (Wildman–Crippen LogP) is 2.29. The minimum Gasteiger partial charge on any atom is -0.469 e. The molecule has 1 aromatic rings. The van der Waals surface area contributed by atoms with Gasteiger partial charge < -0.3 is 10.1 Å². The Hall–Kier alpha value is -1.55. The third kappa shape index (κ3) is 2.42. The van der Waals surface area contributed by atoms with E-state index in [1.54, 1.807) is 0 Å². The molecular formula is C17H24N2O2. The van der Waals surface area contributed by atoms with Gasteiger partial charge in [0.15, 0.2) is 0 Å². The molecular weight excluding hydrogens is 264 g/mol. The molecule has 1 fully saturated rings. The number of benzene rings is 1. The summed E-state index contributed by atoms with van der Waals surface area (Å²) in [5.41, 5.74) is 3.67. The number of esters is 1. The van der Waals surface area contributed by atoms with E-state index in [0.29, 0.717) is 5.92 Å². The normalized spacial score (nSPS) is 28.2. The van der Waals surface area contributed by atoms with Gasteiger partial charge in [0.1, 0.15) is 0 Å². The number of ether oxygens (including phenoxy) is 1. The van der Waals surface area contributed by atoms with Gasteiger partial charge in [-0.1, -0.05) is 25.1 Å². The number of likely N-dealkylation sites (tertiary alicyclic amines) is 1. The highest BCUT2D eigenvalue weighted by molar-refractivity contribution is 5.77. The molecule has 21 heavy (non-hydrogen) atoms. The molecule has 2 atom stereocenters. The van der Waals surface area contributed by atoms with Crippen molar-refractivity contribution in [3.8, 4) is 0 Å². The van der Waals surface area contributed by atoms with Gasteiger partial charge in [-0.05, 0) is 30.4 Å². The monoisotopic (exact) mass is 288 g/mol. The zero-order valence-corrected chi connectivity index (χ0v) is 13.1. The molecule has 0 bridgehead atoms. The lowest BCUT2D eigenvalue weighted by Crippen LogP contribution is -2.36. The zero-order valence-electron chi connectivity index (χ0n) is 13.1. The van der Waals surface area contributed by atoms with Crippen molar-refractivity contribution in [3.63, 3.8) is 0 Å². The summed E-state index contributed by atoms with van der Waals surface area (Å²) in [4.78, 5) is 14.4. The molecule has 0 radical (unpaired) electrons. The molecule has 1 aromatic carbocycles. The Morgan fingerprint density at radius 1 is 1.52 bits per heavy atom. The summed E-state index contributed by atoms with van der Waals surface area (Å²) in [5.74, 6) is 0.226. The highest BCUT2D eigenvalue weighted by atomic mass is 16.5. The summed E-state index contributed by atoms with van der Waals surface area (Å²) >= 11 is 0. The molecule has 3 rings (SSSR count). The summed E-state index contributed by atoms with van der Waals surface area (Å²) in [6, 6.07) is 6.53. The van der Waals surface area contributed by atoms with Crippen molar-refractivity contribution in [2.75, 3.05) is 32.1 Å². The van der Waals surface area contributed by atoms with E-state index in [-0.39, 0.29) is 11.4 Å². The summed E-state index contributed by atoms with van der Waals surface area (Å²) in [6.07, 6.45) is 1.11. The lowest BCUT2D eigenvalue weighted by Gasteiger charge is -2.25. The fraction of sp³-hybridized carbons (Fsp3) is 0.588. The summed E-state index contributed by atoms with van der Waals surface area (Å²) in [5, 5.41) is 3.49. The van der Waals surface area contributed by atoms with E-state index in [2.05, 4.69) is 35.3 Å². The zero-order chi connectivity index (χ0) is 15.0. The van der Waals surface area contributed by atoms with Crippen LogP contribution in [0.1, 0.15) is 25.0 Å². The van der Waals surface area contributed by atoms with Gasteiger partial charge in [0.2, 0.25) is 0 Å². The smallest absolute Gasteiger partial charge is 0.313 e. The number of rotatable bonds is 3. The number of nitrogens with one attached hydrogen (secondary N) is 1. The first-order chi connectivity index (χ1) is 10.0. The van der Waals surface area contributed by atoms with Crippen LogP contribution in [0.4, 0.5) is 5.69 Å². The Morgan fingerprint density at radius 3 is 3.10 bits per heavy atom. The van der Waals surface area contributed by atoms with Gasteiger partial charge in [-0.2, -0.15) is 0 Å². The van der Waals surface area contributed by atoms with E-state index < -0.39 is 0 Å². The molecule has 0 spiro atoms. The minimum atomic E-state index is -0.389. The number of fused-ring (bicyclic) bond motifs is 1. The van der Waals surface area contributed by atoms with Gasteiger partial charge >= 0.3 is 5.97 Å². The summed E-state index contributed by atoms with van der Waals surface area (Å²) in [7, 11) is 1.48. The molecule has 2 heterocycles. The summed E-state index contributed by atoms with van der Waals surface area (Å²) < 4.78 is 5.00. The number of nitrogens with zero attached hydrogens (tertiary/aromatic N) is 1. The molecule has 4 nitrogen and oxygen atoms in total. The Balaban J connectivity index is 1.76. The highest BCUT2D eigenvalue weighted by Crippen LogP contribution is 2.38. The quantitative estimate of drug-likeness (QED) is 0.867. The van der Waals surface area contributed by atoms with Gasteiger partial charge in [0, 0.05) is 31.9 Å². The van der Waals surface area contributed by atoms with Crippen LogP contribution in [-0.4, -0.2) is 37.6 Å². The number of methoxy groups -OCH3 is 1. The Kier molecular flexibility index (Phi) is 3.66. The van der Waals surface area contributed by atoms with E-state index in [4.69, 9.17) is 4.74 Å². The van der Waals surface area contributed by atoms with Crippen LogP contribution in [-0.2, 0) is 22.5 Å². The molecule has 1 saturated heterocycles. The van der Waals surface area contributed by atoms with Crippen LogP contribution in [0.3, 0.4) is 0 Å². The van der Waals surface area contributed by atoms with Crippen molar-refractivity contribution in [1.29, 1.82) is 0 Å². The van der Waals surface area contributed by atoms with Crippen LogP contribution in [0, 0.1) is 11.3 Å². The first-order valence-electron chi connectivity index (χ1n) is 7.70. The number of carbonyl (C=O) groups is 1. The maximum Gasteiger partial charge on any atom is 0.313 e. The van der Waals surface area contributed by atoms with Crippen LogP contribution in [0.25, 0.3) is 0 Å². The van der Waals surface area contributed by atoms with Crippen molar-refractivity contribution in [1.82, 2.24) is 4.90 Å². The molecule has 0 saturated carbocycles. The fourth-order valence-electron chi connectivity index (χ4n) is 3.68. The standard InChI is InChI=1S/C17H24N2O2/c1-12-9-19(11-17(12,2)16(20)21-3)10-14-6-4-5-13-7-8-18-15(13)14/h4-6,12,18H,7-11H2,1-3H3/t12-,17-/m1/s1. The third-order valence-electron chi connectivity index (χ3n) is 5.15. The molecule has 0 aliphatic carbocycles. The Morgan fingerprint density at radius 2 is 2.33 bits per heavy atom.